The summed E-state index contributed by atoms with van der Waals surface area (Å²) in [6.45, 7) is 0. The zero-order valence-corrected chi connectivity index (χ0v) is 13.6. The maximum Gasteiger partial charge on any atom is 0.272 e. The van der Waals surface area contributed by atoms with E-state index >= 15 is 0 Å². The molecule has 0 spiro atoms. The van der Waals surface area contributed by atoms with Crippen molar-refractivity contribution >= 4 is 51.4 Å². The molecule has 0 atom stereocenters. The van der Waals surface area contributed by atoms with Gasteiger partial charge in [0.2, 0.25) is 0 Å². The summed E-state index contributed by atoms with van der Waals surface area (Å²) in [5, 5.41) is 12.1. The zero-order chi connectivity index (χ0) is 16.6. The van der Waals surface area contributed by atoms with Crippen LogP contribution < -0.4 is 4.74 Å². The number of aromatic nitrogens is 1. The Morgan fingerprint density at radius 1 is 1.00 bits per heavy atom. The lowest BCUT2D eigenvalue weighted by molar-refractivity contribution is -0.384. The minimum Gasteiger partial charge on any atom is -0.454 e. The average molecular weight is 370 g/mol. The van der Waals surface area contributed by atoms with E-state index in [1.165, 1.54) is 12.1 Å². The van der Waals surface area contributed by atoms with E-state index in [0.29, 0.717) is 16.4 Å². The van der Waals surface area contributed by atoms with Crippen molar-refractivity contribution in [3.05, 3.63) is 67.8 Å². The van der Waals surface area contributed by atoms with Gasteiger partial charge < -0.3 is 4.74 Å². The fourth-order valence-electron chi connectivity index (χ4n) is 2.01. The molecule has 116 valence electrons. The third kappa shape index (κ3) is 3.32. The molecule has 0 fully saturated rings. The number of pyridine rings is 1. The number of rotatable bonds is 3. The molecule has 3 rings (SSSR count). The Morgan fingerprint density at radius 3 is 2.35 bits per heavy atom. The highest BCUT2D eigenvalue weighted by atomic mass is 35.5. The molecule has 3 aromatic rings. The lowest BCUT2D eigenvalue weighted by Gasteiger charge is -2.10. The SMILES string of the molecule is O=[N+]([O-])c1cc(Cl)c(Oc2ccc3nc(Cl)ccc3c2)c(Cl)c1. The summed E-state index contributed by atoms with van der Waals surface area (Å²) in [5.41, 5.74) is 0.510. The van der Waals surface area contributed by atoms with Crippen LogP contribution in [0.1, 0.15) is 0 Å². The number of nitro groups is 1. The fourth-order valence-corrected chi connectivity index (χ4v) is 2.72. The number of fused-ring (bicyclic) bond motifs is 1. The molecule has 0 aliphatic rings. The molecule has 0 saturated heterocycles. The van der Waals surface area contributed by atoms with Gasteiger partial charge in [-0.2, -0.15) is 0 Å². The first kappa shape index (κ1) is 15.8. The van der Waals surface area contributed by atoms with Gasteiger partial charge >= 0.3 is 0 Å². The lowest BCUT2D eigenvalue weighted by atomic mass is 10.2. The van der Waals surface area contributed by atoms with Gasteiger partial charge in [-0.1, -0.05) is 34.8 Å². The number of non-ortho nitro benzene ring substituents is 1. The number of hydrogen-bond donors (Lipinski definition) is 0. The predicted octanol–water partition coefficient (Wildman–Crippen LogP) is 5.90. The van der Waals surface area contributed by atoms with Crippen LogP contribution in [0.4, 0.5) is 5.69 Å². The van der Waals surface area contributed by atoms with Crippen LogP contribution in [-0.2, 0) is 0 Å². The number of benzene rings is 2. The first-order valence-corrected chi connectivity index (χ1v) is 7.45. The van der Waals surface area contributed by atoms with Crippen LogP contribution in [0.2, 0.25) is 15.2 Å². The Bertz CT molecular complexity index is 908. The van der Waals surface area contributed by atoms with Crippen molar-refractivity contribution in [1.29, 1.82) is 0 Å². The third-order valence-corrected chi connectivity index (χ3v) is 3.81. The summed E-state index contributed by atoms with van der Waals surface area (Å²) in [6, 6.07) is 11.0. The third-order valence-electron chi connectivity index (χ3n) is 3.04. The lowest BCUT2D eigenvalue weighted by Crippen LogP contribution is -1.92. The van der Waals surface area contributed by atoms with E-state index in [-0.39, 0.29) is 21.5 Å². The van der Waals surface area contributed by atoms with Gasteiger partial charge in [0.15, 0.2) is 5.75 Å². The molecule has 1 heterocycles. The standard InChI is InChI=1S/C15H7Cl3N2O3/c16-11-6-9(20(21)22)7-12(17)15(11)23-10-2-3-13-8(5-10)1-4-14(18)19-13/h1-7H. The Morgan fingerprint density at radius 2 is 1.70 bits per heavy atom. The van der Waals surface area contributed by atoms with E-state index in [2.05, 4.69) is 4.98 Å². The molecular weight excluding hydrogens is 363 g/mol. The molecular formula is C15H7Cl3N2O3. The zero-order valence-electron chi connectivity index (χ0n) is 11.3. The number of ether oxygens (including phenoxy) is 1. The van der Waals surface area contributed by atoms with Crippen molar-refractivity contribution in [3.8, 4) is 11.5 Å². The van der Waals surface area contributed by atoms with E-state index < -0.39 is 4.92 Å². The quantitative estimate of drug-likeness (QED) is 0.328. The second-order valence-electron chi connectivity index (χ2n) is 4.59. The summed E-state index contributed by atoms with van der Waals surface area (Å²) in [4.78, 5) is 14.4. The minimum absolute atomic E-state index is 0.0542. The van der Waals surface area contributed by atoms with Crippen molar-refractivity contribution in [2.75, 3.05) is 0 Å². The summed E-state index contributed by atoms with van der Waals surface area (Å²) in [5.74, 6) is 0.625. The van der Waals surface area contributed by atoms with Gasteiger partial charge in [-0.15, -0.1) is 0 Å². The Hall–Kier alpha value is -2.08. The molecule has 23 heavy (non-hydrogen) atoms. The number of hydrogen-bond acceptors (Lipinski definition) is 4. The summed E-state index contributed by atoms with van der Waals surface area (Å²) in [7, 11) is 0. The van der Waals surface area contributed by atoms with Crippen molar-refractivity contribution in [1.82, 2.24) is 4.98 Å². The first-order chi connectivity index (χ1) is 10.9. The van der Waals surface area contributed by atoms with Crippen LogP contribution >= 0.6 is 34.8 Å². The van der Waals surface area contributed by atoms with E-state index in [4.69, 9.17) is 39.5 Å². The minimum atomic E-state index is -0.576. The largest absolute Gasteiger partial charge is 0.454 e. The number of nitrogens with zero attached hydrogens (tertiary/aromatic N) is 2. The molecule has 0 aliphatic heterocycles. The fraction of sp³-hybridized carbons (Fsp3) is 0. The highest BCUT2D eigenvalue weighted by molar-refractivity contribution is 6.37. The highest BCUT2D eigenvalue weighted by Crippen LogP contribution is 2.39. The Labute approximate surface area is 145 Å². The van der Waals surface area contributed by atoms with Gasteiger partial charge in [-0.05, 0) is 30.3 Å². The van der Waals surface area contributed by atoms with Crippen LogP contribution in [0.3, 0.4) is 0 Å². The first-order valence-electron chi connectivity index (χ1n) is 6.31. The second kappa shape index (κ2) is 6.20. The van der Waals surface area contributed by atoms with Gasteiger partial charge in [0.25, 0.3) is 5.69 Å². The molecule has 5 nitrogen and oxygen atoms in total. The number of nitro benzene ring substituents is 1. The Balaban J connectivity index is 1.99. The smallest absolute Gasteiger partial charge is 0.272 e. The molecule has 0 radical (unpaired) electrons. The summed E-state index contributed by atoms with van der Waals surface area (Å²) < 4.78 is 5.67. The second-order valence-corrected chi connectivity index (χ2v) is 5.79. The molecule has 0 unspecified atom stereocenters. The predicted molar refractivity (Wildman–Crippen MR) is 89.9 cm³/mol. The number of halogens is 3. The van der Waals surface area contributed by atoms with Gasteiger partial charge in [-0.3, -0.25) is 10.1 Å². The molecule has 0 amide bonds. The van der Waals surface area contributed by atoms with Gasteiger partial charge in [0.05, 0.1) is 20.5 Å². The summed E-state index contributed by atoms with van der Waals surface area (Å²) >= 11 is 17.9. The van der Waals surface area contributed by atoms with E-state index in [0.717, 1.165) is 5.39 Å². The average Bonchev–Trinajstić information content (AvgIpc) is 2.50. The maximum atomic E-state index is 10.8. The van der Waals surface area contributed by atoms with Crippen LogP contribution in [0.5, 0.6) is 11.5 Å². The maximum absolute atomic E-state index is 10.8. The normalized spacial score (nSPS) is 10.7. The van der Waals surface area contributed by atoms with E-state index in [1.54, 1.807) is 30.3 Å². The molecule has 2 aromatic carbocycles. The molecule has 0 saturated carbocycles. The van der Waals surface area contributed by atoms with Crippen molar-refractivity contribution in [2.45, 2.75) is 0 Å². The van der Waals surface area contributed by atoms with Crippen LogP contribution in [-0.4, -0.2) is 9.91 Å². The van der Waals surface area contributed by atoms with Crippen molar-refractivity contribution < 1.29 is 9.66 Å². The van der Waals surface area contributed by atoms with Gasteiger partial charge in [-0.25, -0.2) is 4.98 Å². The van der Waals surface area contributed by atoms with E-state index in [9.17, 15) is 10.1 Å². The van der Waals surface area contributed by atoms with Gasteiger partial charge in [0, 0.05) is 17.5 Å². The van der Waals surface area contributed by atoms with E-state index in [1.807, 2.05) is 0 Å². The molecule has 0 bridgehead atoms. The van der Waals surface area contributed by atoms with Crippen LogP contribution in [0.15, 0.2) is 42.5 Å². The molecule has 0 aliphatic carbocycles. The Kier molecular flexibility index (Phi) is 4.26. The van der Waals surface area contributed by atoms with Crippen molar-refractivity contribution in [2.24, 2.45) is 0 Å². The van der Waals surface area contributed by atoms with Crippen molar-refractivity contribution in [3.63, 3.8) is 0 Å². The molecule has 8 heteroatoms. The monoisotopic (exact) mass is 368 g/mol. The van der Waals surface area contributed by atoms with Gasteiger partial charge in [0.1, 0.15) is 10.9 Å². The molecule has 1 aromatic heterocycles. The molecule has 0 N–H and O–H groups in total. The van der Waals surface area contributed by atoms with Crippen LogP contribution in [0, 0.1) is 10.1 Å². The highest BCUT2D eigenvalue weighted by Gasteiger charge is 2.16. The topological polar surface area (TPSA) is 65.3 Å². The van der Waals surface area contributed by atoms with Crippen LogP contribution in [0.25, 0.3) is 10.9 Å². The summed E-state index contributed by atoms with van der Waals surface area (Å²) in [6.07, 6.45) is 0.